The Morgan fingerprint density at radius 1 is 1.23 bits per heavy atom. The van der Waals surface area contributed by atoms with Crippen LogP contribution in [-0.4, -0.2) is 40.7 Å². The molecule has 3 N–H and O–H groups in total. The van der Waals surface area contributed by atoms with Gasteiger partial charge in [-0.25, -0.2) is 14.8 Å². The molecule has 1 aromatic carbocycles. The molecule has 10 nitrogen and oxygen atoms in total. The Bertz CT molecular complexity index is 1400. The van der Waals surface area contributed by atoms with Crippen LogP contribution in [0.15, 0.2) is 39.0 Å². The Labute approximate surface area is 174 Å². The third kappa shape index (κ3) is 3.36. The van der Waals surface area contributed by atoms with Gasteiger partial charge in [-0.05, 0) is 25.5 Å². The molecule has 3 heterocycles. The summed E-state index contributed by atoms with van der Waals surface area (Å²) in [5.41, 5.74) is 5.71. The molecule has 0 unspecified atom stereocenters. The minimum absolute atomic E-state index is 0.100. The summed E-state index contributed by atoms with van der Waals surface area (Å²) in [5.74, 6) is -0.140. The number of anilines is 1. The van der Waals surface area contributed by atoms with Crippen LogP contribution in [0.3, 0.4) is 0 Å². The minimum Gasteiger partial charge on any atom is -0.384 e. The van der Waals surface area contributed by atoms with Crippen LogP contribution in [0.4, 0.5) is 5.82 Å². The van der Waals surface area contributed by atoms with Crippen LogP contribution in [0.1, 0.15) is 29.5 Å². The summed E-state index contributed by atoms with van der Waals surface area (Å²) in [6.07, 6.45) is 0.628. The first-order valence-electron chi connectivity index (χ1n) is 9.31. The zero-order chi connectivity index (χ0) is 21.4. The van der Waals surface area contributed by atoms with E-state index in [2.05, 4.69) is 20.1 Å². The molecule has 0 aliphatic rings. The van der Waals surface area contributed by atoms with Crippen molar-refractivity contribution in [2.24, 2.45) is 0 Å². The van der Waals surface area contributed by atoms with Gasteiger partial charge >= 0.3 is 5.69 Å². The number of benzene rings is 1. The summed E-state index contributed by atoms with van der Waals surface area (Å²) in [5, 5.41) is 5.69. The molecule has 3 aromatic heterocycles. The molecule has 0 aliphatic heterocycles. The van der Waals surface area contributed by atoms with Gasteiger partial charge in [0.2, 0.25) is 0 Å². The van der Waals surface area contributed by atoms with Crippen LogP contribution in [-0.2, 0) is 6.54 Å². The van der Waals surface area contributed by atoms with E-state index < -0.39 is 17.0 Å². The van der Waals surface area contributed by atoms with Gasteiger partial charge in [0.25, 0.3) is 5.56 Å². The van der Waals surface area contributed by atoms with Gasteiger partial charge in [-0.15, -0.1) is 5.10 Å². The van der Waals surface area contributed by atoms with Gasteiger partial charge < -0.3 is 5.73 Å². The van der Waals surface area contributed by atoms with E-state index in [1.807, 2.05) is 31.2 Å². The topological polar surface area (TPSA) is 141 Å². The number of para-hydroxylation sites is 1. The number of thioether (sulfide) groups is 1. The number of hydrogen-bond acceptors (Lipinski definition) is 8. The molecule has 0 saturated heterocycles. The maximum absolute atomic E-state index is 12.8. The first kappa shape index (κ1) is 19.8. The van der Waals surface area contributed by atoms with E-state index in [1.54, 1.807) is 11.4 Å². The van der Waals surface area contributed by atoms with E-state index in [4.69, 9.17) is 5.73 Å². The molecule has 0 bridgehead atoms. The molecule has 4 rings (SSSR count). The molecule has 4 aromatic rings. The fraction of sp³-hybridized carbons (Fsp3) is 0.263. The summed E-state index contributed by atoms with van der Waals surface area (Å²) in [7, 11) is 0. The van der Waals surface area contributed by atoms with E-state index >= 15 is 0 Å². The summed E-state index contributed by atoms with van der Waals surface area (Å²) in [6, 6.07) is 7.52. The number of hydrogen-bond donors (Lipinski definition) is 2. The van der Waals surface area contributed by atoms with E-state index in [1.165, 1.54) is 4.57 Å². The Kier molecular flexibility index (Phi) is 5.12. The maximum atomic E-state index is 12.8. The van der Waals surface area contributed by atoms with Crippen molar-refractivity contribution in [3.63, 3.8) is 0 Å². The molecule has 30 heavy (non-hydrogen) atoms. The second-order valence-electron chi connectivity index (χ2n) is 6.69. The number of H-pyrrole nitrogens is 1. The number of fused-ring (bicyclic) bond motifs is 3. The average Bonchev–Trinajstić information content (AvgIpc) is 3.11. The maximum Gasteiger partial charge on any atom is 0.329 e. The monoisotopic (exact) mass is 425 g/mol. The zero-order valence-corrected chi connectivity index (χ0v) is 17.2. The number of Topliss-reactive ketones (excluding diaryl/α,β-unsaturated/α-hetero) is 1. The first-order valence-corrected chi connectivity index (χ1v) is 10.3. The molecular weight excluding hydrogens is 406 g/mol. The molecule has 0 atom stereocenters. The van der Waals surface area contributed by atoms with Gasteiger partial charge in [0.1, 0.15) is 17.2 Å². The summed E-state index contributed by atoms with van der Waals surface area (Å²) < 4.78 is 2.79. The molecule has 0 aliphatic carbocycles. The normalized spacial score (nSPS) is 11.4. The third-order valence-electron chi connectivity index (χ3n) is 4.55. The molecule has 0 saturated carbocycles. The van der Waals surface area contributed by atoms with Gasteiger partial charge in [-0.2, -0.15) is 4.52 Å². The SMILES string of the molecule is CCCn1c(N)c(C(=O)CSc2nc3ccccc3c3nc(C)nn23)c(=O)[nH]c1=O. The van der Waals surface area contributed by atoms with Gasteiger partial charge in [0, 0.05) is 11.9 Å². The fourth-order valence-electron chi connectivity index (χ4n) is 3.23. The highest BCUT2D eigenvalue weighted by molar-refractivity contribution is 7.99. The second kappa shape index (κ2) is 7.75. The molecule has 0 amide bonds. The van der Waals surface area contributed by atoms with Crippen LogP contribution in [0.2, 0.25) is 0 Å². The largest absolute Gasteiger partial charge is 0.384 e. The number of carbonyl (C=O) groups is 1. The molecule has 154 valence electrons. The number of aromatic nitrogens is 6. The number of carbonyl (C=O) groups excluding carboxylic acids is 1. The van der Waals surface area contributed by atoms with Gasteiger partial charge in [0.15, 0.2) is 16.6 Å². The lowest BCUT2D eigenvalue weighted by atomic mass is 10.2. The van der Waals surface area contributed by atoms with Crippen molar-refractivity contribution >= 4 is 39.9 Å². The second-order valence-corrected chi connectivity index (χ2v) is 7.63. The molecule has 0 spiro atoms. The minimum atomic E-state index is -0.788. The van der Waals surface area contributed by atoms with Crippen LogP contribution in [0, 0.1) is 6.92 Å². The fourth-order valence-corrected chi connectivity index (χ4v) is 4.05. The predicted octanol–water partition coefficient (Wildman–Crippen LogP) is 1.40. The van der Waals surface area contributed by atoms with Crippen LogP contribution < -0.4 is 17.0 Å². The summed E-state index contributed by atoms with van der Waals surface area (Å²) in [4.78, 5) is 48.2. The number of nitrogen functional groups attached to an aromatic ring is 1. The van der Waals surface area contributed by atoms with Crippen molar-refractivity contribution in [1.82, 2.24) is 29.1 Å². The zero-order valence-electron chi connectivity index (χ0n) is 16.4. The van der Waals surface area contributed by atoms with E-state index in [9.17, 15) is 14.4 Å². The first-order chi connectivity index (χ1) is 14.4. The molecule has 0 fully saturated rings. The lowest BCUT2D eigenvalue weighted by molar-refractivity contribution is 0.102. The number of aromatic amines is 1. The number of aryl methyl sites for hydroxylation is 1. The van der Waals surface area contributed by atoms with Crippen LogP contribution >= 0.6 is 11.8 Å². The quantitative estimate of drug-likeness (QED) is 0.268. The molecule has 11 heteroatoms. The van der Waals surface area contributed by atoms with Crippen LogP contribution in [0.25, 0.3) is 16.6 Å². The van der Waals surface area contributed by atoms with Crippen molar-refractivity contribution in [2.75, 3.05) is 11.5 Å². The lowest BCUT2D eigenvalue weighted by Gasteiger charge is -2.11. The number of rotatable bonds is 6. The smallest absolute Gasteiger partial charge is 0.329 e. The van der Waals surface area contributed by atoms with Crippen molar-refractivity contribution in [3.05, 3.63) is 56.5 Å². The van der Waals surface area contributed by atoms with Gasteiger partial charge in [-0.1, -0.05) is 30.8 Å². The Morgan fingerprint density at radius 2 is 2.00 bits per heavy atom. The standard InChI is InChI=1S/C19H19N7O3S/c1-3-8-25-15(20)14(17(28)23-18(25)29)13(27)9-30-19-22-12-7-5-4-6-11(12)16-21-10(2)24-26(16)19/h4-7H,3,8-9,20H2,1-2H3,(H,23,28,29). The number of nitrogens with two attached hydrogens (primary N) is 1. The Balaban J connectivity index is 1.71. The summed E-state index contributed by atoms with van der Waals surface area (Å²) >= 11 is 1.13. The van der Waals surface area contributed by atoms with E-state index in [0.717, 1.165) is 22.7 Å². The van der Waals surface area contributed by atoms with E-state index in [0.29, 0.717) is 29.6 Å². The number of ketones is 1. The van der Waals surface area contributed by atoms with Crippen molar-refractivity contribution in [3.8, 4) is 0 Å². The molecule has 0 radical (unpaired) electrons. The van der Waals surface area contributed by atoms with Crippen LogP contribution in [0.5, 0.6) is 0 Å². The van der Waals surface area contributed by atoms with Gasteiger partial charge in [-0.3, -0.25) is 19.1 Å². The Hall–Kier alpha value is -3.47. The van der Waals surface area contributed by atoms with Crippen molar-refractivity contribution < 1.29 is 4.79 Å². The lowest BCUT2D eigenvalue weighted by Crippen LogP contribution is -2.36. The number of nitrogens with zero attached hydrogens (tertiary/aromatic N) is 5. The summed E-state index contributed by atoms with van der Waals surface area (Å²) in [6.45, 7) is 3.95. The highest BCUT2D eigenvalue weighted by atomic mass is 32.2. The molecular formula is C19H19N7O3S. The van der Waals surface area contributed by atoms with Gasteiger partial charge in [0.05, 0.1) is 11.3 Å². The number of nitrogens with one attached hydrogen (secondary N) is 1. The predicted molar refractivity (Wildman–Crippen MR) is 114 cm³/mol. The van der Waals surface area contributed by atoms with Crippen molar-refractivity contribution in [2.45, 2.75) is 32.0 Å². The average molecular weight is 425 g/mol. The Morgan fingerprint density at radius 3 is 2.77 bits per heavy atom. The van der Waals surface area contributed by atoms with E-state index in [-0.39, 0.29) is 17.1 Å². The third-order valence-corrected chi connectivity index (χ3v) is 5.48. The highest BCUT2D eigenvalue weighted by Crippen LogP contribution is 2.24. The highest BCUT2D eigenvalue weighted by Gasteiger charge is 2.21. The van der Waals surface area contributed by atoms with Crippen molar-refractivity contribution in [1.29, 1.82) is 0 Å².